The standard InChI is InChI=1S/C12H8BrClF2INO2/c13-8-3-6(14)4-9(11(8)20-12(15)16)18-5-7-1-2-10(17)19-7/h1-4,12,18H,5H2. The number of alkyl halides is 2. The van der Waals surface area contributed by atoms with Gasteiger partial charge in [0.2, 0.25) is 0 Å². The molecule has 0 aliphatic heterocycles. The van der Waals surface area contributed by atoms with Crippen LogP contribution in [-0.2, 0) is 6.54 Å². The Kier molecular flexibility index (Phi) is 5.50. The van der Waals surface area contributed by atoms with Crippen molar-refractivity contribution in [3.05, 3.63) is 43.3 Å². The number of anilines is 1. The third kappa shape index (κ3) is 4.23. The van der Waals surface area contributed by atoms with Gasteiger partial charge >= 0.3 is 6.61 Å². The van der Waals surface area contributed by atoms with Crippen molar-refractivity contribution >= 4 is 55.8 Å². The Morgan fingerprint density at radius 3 is 2.75 bits per heavy atom. The zero-order chi connectivity index (χ0) is 14.7. The van der Waals surface area contributed by atoms with Crippen LogP contribution in [0, 0.1) is 3.77 Å². The zero-order valence-electron chi connectivity index (χ0n) is 9.80. The average molecular weight is 478 g/mol. The molecule has 2 rings (SSSR count). The van der Waals surface area contributed by atoms with Crippen LogP contribution in [0.5, 0.6) is 5.75 Å². The molecule has 8 heteroatoms. The van der Waals surface area contributed by atoms with Crippen molar-refractivity contribution in [2.75, 3.05) is 5.32 Å². The summed E-state index contributed by atoms with van der Waals surface area (Å²) in [5, 5.41) is 3.36. The van der Waals surface area contributed by atoms with Crippen molar-refractivity contribution in [2.45, 2.75) is 13.2 Å². The monoisotopic (exact) mass is 477 g/mol. The van der Waals surface area contributed by atoms with Crippen molar-refractivity contribution in [3.8, 4) is 5.75 Å². The largest absolute Gasteiger partial charge is 0.454 e. The highest BCUT2D eigenvalue weighted by Gasteiger charge is 2.15. The number of hydrogen-bond acceptors (Lipinski definition) is 3. The minimum absolute atomic E-state index is 0.00523. The van der Waals surface area contributed by atoms with Crippen molar-refractivity contribution in [2.24, 2.45) is 0 Å². The maximum atomic E-state index is 12.4. The van der Waals surface area contributed by atoms with Gasteiger partial charge in [0.05, 0.1) is 16.7 Å². The van der Waals surface area contributed by atoms with E-state index in [1.165, 1.54) is 12.1 Å². The number of hydrogen-bond donors (Lipinski definition) is 1. The van der Waals surface area contributed by atoms with E-state index < -0.39 is 6.61 Å². The summed E-state index contributed by atoms with van der Waals surface area (Å²) in [6.07, 6.45) is 0. The van der Waals surface area contributed by atoms with Crippen LogP contribution >= 0.6 is 50.1 Å². The van der Waals surface area contributed by atoms with Gasteiger partial charge in [-0.15, -0.1) is 0 Å². The molecule has 3 nitrogen and oxygen atoms in total. The van der Waals surface area contributed by atoms with Crippen LogP contribution in [0.3, 0.4) is 0 Å². The van der Waals surface area contributed by atoms with Crippen LogP contribution in [0.2, 0.25) is 5.02 Å². The molecule has 1 heterocycles. The van der Waals surface area contributed by atoms with Gasteiger partial charge in [0.15, 0.2) is 9.52 Å². The van der Waals surface area contributed by atoms with E-state index in [1.807, 2.05) is 28.7 Å². The minimum Gasteiger partial charge on any atom is -0.454 e. The van der Waals surface area contributed by atoms with Gasteiger partial charge in [-0.3, -0.25) is 0 Å². The van der Waals surface area contributed by atoms with Crippen LogP contribution in [-0.4, -0.2) is 6.61 Å². The number of rotatable bonds is 5. The van der Waals surface area contributed by atoms with Crippen LogP contribution < -0.4 is 10.1 Å². The Morgan fingerprint density at radius 1 is 1.40 bits per heavy atom. The van der Waals surface area contributed by atoms with E-state index in [9.17, 15) is 8.78 Å². The van der Waals surface area contributed by atoms with Gasteiger partial charge in [-0.1, -0.05) is 11.6 Å². The lowest BCUT2D eigenvalue weighted by atomic mass is 10.3. The predicted molar refractivity (Wildman–Crippen MR) is 84.5 cm³/mol. The van der Waals surface area contributed by atoms with E-state index >= 15 is 0 Å². The maximum Gasteiger partial charge on any atom is 0.387 e. The van der Waals surface area contributed by atoms with Gasteiger partial charge in [0.25, 0.3) is 0 Å². The molecule has 0 aliphatic rings. The van der Waals surface area contributed by atoms with Gasteiger partial charge in [0, 0.05) is 5.02 Å². The van der Waals surface area contributed by atoms with Crippen molar-refractivity contribution in [1.82, 2.24) is 0 Å². The summed E-state index contributed by atoms with van der Waals surface area (Å²) in [7, 11) is 0. The van der Waals surface area contributed by atoms with Crippen LogP contribution in [0.25, 0.3) is 0 Å². The van der Waals surface area contributed by atoms with E-state index in [0.29, 0.717) is 27.5 Å². The second-order valence-electron chi connectivity index (χ2n) is 3.70. The summed E-state index contributed by atoms with van der Waals surface area (Å²) in [5.41, 5.74) is 0.357. The molecule has 1 aromatic carbocycles. The number of halogens is 5. The van der Waals surface area contributed by atoms with E-state index in [2.05, 4.69) is 26.0 Å². The summed E-state index contributed by atoms with van der Waals surface area (Å²) in [6, 6.07) is 6.60. The Hall–Kier alpha value is -0.540. The number of nitrogens with one attached hydrogen (secondary N) is 1. The molecule has 0 amide bonds. The molecular formula is C12H8BrClF2INO2. The van der Waals surface area contributed by atoms with Gasteiger partial charge < -0.3 is 14.5 Å². The molecule has 0 aliphatic carbocycles. The molecule has 0 atom stereocenters. The average Bonchev–Trinajstić information content (AvgIpc) is 2.76. The second-order valence-corrected chi connectivity index (χ2v) is 6.06. The fourth-order valence-electron chi connectivity index (χ4n) is 1.53. The third-order valence-electron chi connectivity index (χ3n) is 2.30. The van der Waals surface area contributed by atoms with Gasteiger partial charge in [-0.25, -0.2) is 0 Å². The fraction of sp³-hybridized carbons (Fsp3) is 0.167. The first kappa shape index (κ1) is 15.8. The normalized spacial score (nSPS) is 10.9. The van der Waals surface area contributed by atoms with Crippen molar-refractivity contribution in [1.29, 1.82) is 0 Å². The molecule has 0 fully saturated rings. The Labute approximate surface area is 140 Å². The highest BCUT2D eigenvalue weighted by Crippen LogP contribution is 2.37. The van der Waals surface area contributed by atoms with E-state index in [-0.39, 0.29) is 5.75 Å². The van der Waals surface area contributed by atoms with Crippen molar-refractivity contribution < 1.29 is 17.9 Å². The molecule has 0 unspecified atom stereocenters. The molecule has 0 radical (unpaired) electrons. The molecule has 0 bridgehead atoms. The lowest BCUT2D eigenvalue weighted by Gasteiger charge is -2.14. The lowest BCUT2D eigenvalue weighted by molar-refractivity contribution is -0.0498. The molecule has 2 aromatic rings. The first-order chi connectivity index (χ1) is 9.45. The van der Waals surface area contributed by atoms with E-state index in [1.54, 1.807) is 6.07 Å². The van der Waals surface area contributed by atoms with Gasteiger partial charge in [0.1, 0.15) is 5.76 Å². The molecule has 0 saturated carbocycles. The fourth-order valence-corrected chi connectivity index (χ4v) is 2.90. The number of benzene rings is 1. The summed E-state index contributed by atoms with van der Waals surface area (Å²) in [5.74, 6) is 0.680. The Morgan fingerprint density at radius 2 is 2.15 bits per heavy atom. The smallest absolute Gasteiger partial charge is 0.387 e. The second kappa shape index (κ2) is 6.95. The van der Waals surface area contributed by atoms with Gasteiger partial charge in [-0.05, 0) is 62.8 Å². The minimum atomic E-state index is -2.92. The van der Waals surface area contributed by atoms with Crippen LogP contribution in [0.15, 0.2) is 33.2 Å². The van der Waals surface area contributed by atoms with Crippen LogP contribution in [0.4, 0.5) is 14.5 Å². The highest BCUT2D eigenvalue weighted by molar-refractivity contribution is 14.1. The summed E-state index contributed by atoms with van der Waals surface area (Å²) in [4.78, 5) is 0. The SMILES string of the molecule is FC(F)Oc1c(Br)cc(Cl)cc1NCc1ccc(I)o1. The summed E-state index contributed by atoms with van der Waals surface area (Å²) < 4.78 is 35.8. The molecular weight excluding hydrogens is 470 g/mol. The van der Waals surface area contributed by atoms with Crippen LogP contribution in [0.1, 0.15) is 5.76 Å². The molecule has 0 saturated heterocycles. The maximum absolute atomic E-state index is 12.4. The molecule has 20 heavy (non-hydrogen) atoms. The first-order valence-corrected chi connectivity index (χ1v) is 7.62. The molecule has 0 spiro atoms. The topological polar surface area (TPSA) is 34.4 Å². The molecule has 1 N–H and O–H groups in total. The molecule has 1 aromatic heterocycles. The quantitative estimate of drug-likeness (QED) is 0.576. The summed E-state index contributed by atoms with van der Waals surface area (Å²) in [6.45, 7) is -2.59. The predicted octanol–water partition coefficient (Wildman–Crippen LogP) is 5.51. The van der Waals surface area contributed by atoms with E-state index in [4.69, 9.17) is 16.0 Å². The summed E-state index contributed by atoms with van der Waals surface area (Å²) >= 11 is 11.1. The lowest BCUT2D eigenvalue weighted by Crippen LogP contribution is -2.07. The molecule has 108 valence electrons. The zero-order valence-corrected chi connectivity index (χ0v) is 14.3. The first-order valence-electron chi connectivity index (χ1n) is 5.37. The third-order valence-corrected chi connectivity index (χ3v) is 3.68. The Balaban J connectivity index is 2.20. The number of ether oxygens (including phenoxy) is 1. The van der Waals surface area contributed by atoms with Crippen molar-refractivity contribution in [3.63, 3.8) is 0 Å². The highest BCUT2D eigenvalue weighted by atomic mass is 127. The van der Waals surface area contributed by atoms with Gasteiger partial charge in [-0.2, -0.15) is 8.78 Å². The Bertz CT molecular complexity index is 609. The number of furan rings is 1. The van der Waals surface area contributed by atoms with E-state index in [0.717, 1.165) is 3.77 Å².